The van der Waals surface area contributed by atoms with Crippen molar-refractivity contribution in [2.75, 3.05) is 26.3 Å². The van der Waals surface area contributed by atoms with Crippen LogP contribution in [0.25, 0.3) is 0 Å². The molecule has 3 heteroatoms. The van der Waals surface area contributed by atoms with Gasteiger partial charge in [-0.15, -0.1) is 0 Å². The highest BCUT2D eigenvalue weighted by Gasteiger charge is 1.99. The van der Waals surface area contributed by atoms with Gasteiger partial charge >= 0.3 is 0 Å². The number of hydrogen-bond donors (Lipinski definition) is 1. The second-order valence-corrected chi connectivity index (χ2v) is 4.49. The molecule has 0 spiro atoms. The Kier molecular flexibility index (Phi) is 11.3. The molecule has 0 amide bonds. The van der Waals surface area contributed by atoms with E-state index in [1.165, 1.54) is 6.42 Å². The Labute approximate surface area is 101 Å². The summed E-state index contributed by atoms with van der Waals surface area (Å²) in [5.41, 5.74) is 0. The summed E-state index contributed by atoms with van der Waals surface area (Å²) in [5, 5.41) is 3.35. The SMILES string of the molecule is CCCC(C)OCCNCCCOC(C)C. The molecule has 16 heavy (non-hydrogen) atoms. The van der Waals surface area contributed by atoms with Crippen molar-refractivity contribution in [1.29, 1.82) is 0 Å². The smallest absolute Gasteiger partial charge is 0.0594 e. The standard InChI is InChI=1S/C13H29NO2/c1-5-7-13(4)16-11-9-14-8-6-10-15-12(2)3/h12-14H,5-11H2,1-4H3. The second-order valence-electron chi connectivity index (χ2n) is 4.49. The molecule has 0 aliphatic carbocycles. The average Bonchev–Trinajstić information content (AvgIpc) is 2.22. The van der Waals surface area contributed by atoms with E-state index in [0.717, 1.165) is 39.1 Å². The fourth-order valence-corrected chi connectivity index (χ4v) is 1.46. The molecule has 0 saturated heterocycles. The van der Waals surface area contributed by atoms with Crippen molar-refractivity contribution >= 4 is 0 Å². The molecule has 0 rings (SSSR count). The van der Waals surface area contributed by atoms with Gasteiger partial charge in [0.05, 0.1) is 18.8 Å². The first-order chi connectivity index (χ1) is 7.66. The van der Waals surface area contributed by atoms with Crippen molar-refractivity contribution < 1.29 is 9.47 Å². The number of ether oxygens (including phenoxy) is 2. The van der Waals surface area contributed by atoms with Crippen LogP contribution >= 0.6 is 0 Å². The van der Waals surface area contributed by atoms with Crippen LogP contribution in [0.3, 0.4) is 0 Å². The Morgan fingerprint density at radius 3 is 2.38 bits per heavy atom. The van der Waals surface area contributed by atoms with E-state index < -0.39 is 0 Å². The first kappa shape index (κ1) is 15.9. The minimum absolute atomic E-state index is 0.346. The third-order valence-electron chi connectivity index (χ3n) is 2.33. The summed E-state index contributed by atoms with van der Waals surface area (Å²) in [6.45, 7) is 12.1. The monoisotopic (exact) mass is 231 g/mol. The second kappa shape index (κ2) is 11.4. The molecule has 1 N–H and O–H groups in total. The van der Waals surface area contributed by atoms with Crippen LogP contribution in [0.1, 0.15) is 47.0 Å². The highest BCUT2D eigenvalue weighted by molar-refractivity contribution is 4.51. The Bertz CT molecular complexity index is 140. The van der Waals surface area contributed by atoms with Crippen molar-refractivity contribution in [2.24, 2.45) is 0 Å². The minimum atomic E-state index is 0.346. The predicted octanol–water partition coefficient (Wildman–Crippen LogP) is 2.60. The molecule has 0 aliphatic rings. The van der Waals surface area contributed by atoms with Gasteiger partial charge in [0.1, 0.15) is 0 Å². The normalized spacial score (nSPS) is 13.3. The molecule has 0 aliphatic heterocycles. The summed E-state index contributed by atoms with van der Waals surface area (Å²) in [6, 6.07) is 0. The number of hydrogen-bond acceptors (Lipinski definition) is 3. The Hall–Kier alpha value is -0.120. The fourth-order valence-electron chi connectivity index (χ4n) is 1.46. The third-order valence-corrected chi connectivity index (χ3v) is 2.33. The zero-order valence-corrected chi connectivity index (χ0v) is 11.4. The molecule has 0 aromatic rings. The fraction of sp³-hybridized carbons (Fsp3) is 1.00. The predicted molar refractivity (Wildman–Crippen MR) is 68.9 cm³/mol. The molecule has 0 bridgehead atoms. The quantitative estimate of drug-likeness (QED) is 0.554. The van der Waals surface area contributed by atoms with Gasteiger partial charge < -0.3 is 14.8 Å². The van der Waals surface area contributed by atoms with Gasteiger partial charge in [-0.3, -0.25) is 0 Å². The molecule has 0 heterocycles. The van der Waals surface area contributed by atoms with E-state index in [9.17, 15) is 0 Å². The molecule has 0 radical (unpaired) electrons. The molecule has 98 valence electrons. The molecular formula is C13H29NO2. The van der Waals surface area contributed by atoms with Crippen LogP contribution in [-0.4, -0.2) is 38.5 Å². The molecule has 0 saturated carbocycles. The van der Waals surface area contributed by atoms with Gasteiger partial charge in [-0.25, -0.2) is 0 Å². The average molecular weight is 231 g/mol. The van der Waals surface area contributed by atoms with E-state index in [4.69, 9.17) is 9.47 Å². The van der Waals surface area contributed by atoms with Crippen LogP contribution in [0.2, 0.25) is 0 Å². The molecule has 0 aromatic heterocycles. The lowest BCUT2D eigenvalue weighted by molar-refractivity contribution is 0.0596. The summed E-state index contributed by atoms with van der Waals surface area (Å²) in [7, 11) is 0. The Balaban J connectivity index is 3.04. The van der Waals surface area contributed by atoms with Gasteiger partial charge in [0.2, 0.25) is 0 Å². The molecule has 0 fully saturated rings. The molecule has 3 nitrogen and oxygen atoms in total. The Morgan fingerprint density at radius 1 is 1.00 bits per heavy atom. The first-order valence-corrected chi connectivity index (χ1v) is 6.60. The van der Waals surface area contributed by atoms with Crippen LogP contribution < -0.4 is 5.32 Å². The van der Waals surface area contributed by atoms with Crippen LogP contribution in [0.4, 0.5) is 0 Å². The van der Waals surface area contributed by atoms with Gasteiger partial charge in [-0.05, 0) is 40.2 Å². The molecule has 1 atom stereocenters. The zero-order valence-electron chi connectivity index (χ0n) is 11.4. The lowest BCUT2D eigenvalue weighted by Crippen LogP contribution is -2.24. The van der Waals surface area contributed by atoms with Crippen molar-refractivity contribution in [2.45, 2.75) is 59.2 Å². The minimum Gasteiger partial charge on any atom is -0.379 e. The van der Waals surface area contributed by atoms with E-state index in [2.05, 4.69) is 33.0 Å². The van der Waals surface area contributed by atoms with Gasteiger partial charge in [-0.1, -0.05) is 13.3 Å². The Morgan fingerprint density at radius 2 is 1.75 bits per heavy atom. The molecule has 0 aromatic carbocycles. The van der Waals surface area contributed by atoms with E-state index in [1.54, 1.807) is 0 Å². The lowest BCUT2D eigenvalue weighted by atomic mass is 10.2. The van der Waals surface area contributed by atoms with Gasteiger partial charge in [0.25, 0.3) is 0 Å². The van der Waals surface area contributed by atoms with Crippen LogP contribution in [0, 0.1) is 0 Å². The van der Waals surface area contributed by atoms with Crippen molar-refractivity contribution in [1.82, 2.24) is 5.32 Å². The van der Waals surface area contributed by atoms with E-state index in [0.29, 0.717) is 12.2 Å². The van der Waals surface area contributed by atoms with Gasteiger partial charge in [-0.2, -0.15) is 0 Å². The summed E-state index contributed by atoms with van der Waals surface area (Å²) in [6.07, 6.45) is 4.17. The van der Waals surface area contributed by atoms with Crippen LogP contribution in [0.15, 0.2) is 0 Å². The van der Waals surface area contributed by atoms with E-state index in [1.807, 2.05) is 0 Å². The largest absolute Gasteiger partial charge is 0.379 e. The molecular weight excluding hydrogens is 202 g/mol. The van der Waals surface area contributed by atoms with E-state index in [-0.39, 0.29) is 0 Å². The van der Waals surface area contributed by atoms with Gasteiger partial charge in [0, 0.05) is 13.2 Å². The summed E-state index contributed by atoms with van der Waals surface area (Å²) >= 11 is 0. The maximum absolute atomic E-state index is 5.63. The first-order valence-electron chi connectivity index (χ1n) is 6.60. The maximum atomic E-state index is 5.63. The number of rotatable bonds is 11. The maximum Gasteiger partial charge on any atom is 0.0594 e. The summed E-state index contributed by atoms with van der Waals surface area (Å²) in [5.74, 6) is 0. The molecule has 1 unspecified atom stereocenters. The van der Waals surface area contributed by atoms with Gasteiger partial charge in [0.15, 0.2) is 0 Å². The van der Waals surface area contributed by atoms with Crippen molar-refractivity contribution in [3.8, 4) is 0 Å². The van der Waals surface area contributed by atoms with Crippen LogP contribution in [-0.2, 0) is 9.47 Å². The highest BCUT2D eigenvalue weighted by atomic mass is 16.5. The zero-order chi connectivity index (χ0) is 12.2. The number of nitrogens with one attached hydrogen (secondary N) is 1. The summed E-state index contributed by atoms with van der Waals surface area (Å²) in [4.78, 5) is 0. The third kappa shape index (κ3) is 12.0. The van der Waals surface area contributed by atoms with Crippen molar-refractivity contribution in [3.63, 3.8) is 0 Å². The summed E-state index contributed by atoms with van der Waals surface area (Å²) < 4.78 is 11.1. The van der Waals surface area contributed by atoms with E-state index >= 15 is 0 Å². The van der Waals surface area contributed by atoms with Crippen LogP contribution in [0.5, 0.6) is 0 Å². The highest BCUT2D eigenvalue weighted by Crippen LogP contribution is 1.99. The lowest BCUT2D eigenvalue weighted by Gasteiger charge is -2.12. The van der Waals surface area contributed by atoms with Crippen molar-refractivity contribution in [3.05, 3.63) is 0 Å². The topological polar surface area (TPSA) is 30.5 Å².